The van der Waals surface area contributed by atoms with E-state index >= 15 is 0 Å². The van der Waals surface area contributed by atoms with Crippen LogP contribution in [-0.2, 0) is 16.0 Å². The highest BCUT2D eigenvalue weighted by Crippen LogP contribution is 2.28. The fourth-order valence-corrected chi connectivity index (χ4v) is 2.74. The molecule has 0 aliphatic carbocycles. The highest BCUT2D eigenvalue weighted by molar-refractivity contribution is 6.31. The topological polar surface area (TPSA) is 57.6 Å². The number of likely N-dealkylation sites (tertiary alicyclic amines) is 1. The van der Waals surface area contributed by atoms with E-state index in [4.69, 9.17) is 16.7 Å². The van der Waals surface area contributed by atoms with Crippen LogP contribution in [0.2, 0.25) is 5.02 Å². The van der Waals surface area contributed by atoms with Crippen molar-refractivity contribution in [3.05, 3.63) is 34.9 Å². The third-order valence-corrected chi connectivity index (χ3v) is 4.19. The largest absolute Gasteiger partial charge is 0.479 e. The van der Waals surface area contributed by atoms with Gasteiger partial charge in [0.25, 0.3) is 0 Å². The number of alkyl halides is 1. The zero-order valence-electron chi connectivity index (χ0n) is 11.7. The first-order valence-electron chi connectivity index (χ1n) is 6.78. The lowest BCUT2D eigenvalue weighted by Crippen LogP contribution is -2.40. The number of amides is 1. The van der Waals surface area contributed by atoms with Gasteiger partial charge in [0, 0.05) is 23.9 Å². The Morgan fingerprint density at radius 2 is 2.14 bits per heavy atom. The quantitative estimate of drug-likeness (QED) is 0.929. The third-order valence-electron chi connectivity index (χ3n) is 3.82. The maximum absolute atomic E-state index is 14.0. The lowest BCUT2D eigenvalue weighted by Gasteiger charge is -2.22. The van der Waals surface area contributed by atoms with Crippen LogP contribution in [0.5, 0.6) is 0 Å². The van der Waals surface area contributed by atoms with Gasteiger partial charge in [-0.05, 0) is 18.1 Å². The van der Waals surface area contributed by atoms with Crippen LogP contribution in [-0.4, -0.2) is 40.6 Å². The first-order valence-corrected chi connectivity index (χ1v) is 7.16. The highest BCUT2D eigenvalue weighted by atomic mass is 35.5. The van der Waals surface area contributed by atoms with Crippen molar-refractivity contribution in [3.8, 4) is 0 Å². The van der Waals surface area contributed by atoms with Gasteiger partial charge in [-0.15, -0.1) is 0 Å². The van der Waals surface area contributed by atoms with Crippen LogP contribution in [0.1, 0.15) is 18.9 Å². The first-order chi connectivity index (χ1) is 9.83. The highest BCUT2D eigenvalue weighted by Gasteiger charge is 2.47. The fraction of sp³-hybridized carbons (Fsp3) is 0.467. The minimum absolute atomic E-state index is 0.133. The average molecular weight is 314 g/mol. The Labute approximate surface area is 127 Å². The average Bonchev–Trinajstić information content (AvgIpc) is 2.84. The number of carbonyl (C=O) groups is 2. The molecule has 114 valence electrons. The number of hydrogen-bond acceptors (Lipinski definition) is 2. The van der Waals surface area contributed by atoms with Crippen LogP contribution >= 0.6 is 11.6 Å². The normalized spacial score (nSPS) is 23.1. The minimum Gasteiger partial charge on any atom is -0.479 e. The van der Waals surface area contributed by atoms with Crippen molar-refractivity contribution in [2.45, 2.75) is 25.4 Å². The zero-order valence-corrected chi connectivity index (χ0v) is 12.4. The van der Waals surface area contributed by atoms with Crippen molar-refractivity contribution in [3.63, 3.8) is 0 Å². The molecule has 2 unspecified atom stereocenters. The zero-order chi connectivity index (χ0) is 15.6. The molecule has 1 heterocycles. The number of nitrogens with zero attached hydrogens (tertiary/aromatic N) is 1. The van der Waals surface area contributed by atoms with E-state index in [0.717, 1.165) is 5.56 Å². The summed E-state index contributed by atoms with van der Waals surface area (Å²) >= 11 is 6.06. The molecule has 1 fully saturated rings. The third kappa shape index (κ3) is 3.35. The van der Waals surface area contributed by atoms with Gasteiger partial charge in [-0.2, -0.15) is 0 Å². The lowest BCUT2D eigenvalue weighted by molar-refractivity contribution is -0.150. The van der Waals surface area contributed by atoms with Crippen molar-refractivity contribution < 1.29 is 19.1 Å². The number of carboxylic acids is 1. The van der Waals surface area contributed by atoms with E-state index in [-0.39, 0.29) is 31.3 Å². The molecule has 1 aliphatic rings. The molecule has 1 aliphatic heterocycles. The van der Waals surface area contributed by atoms with Crippen molar-refractivity contribution in [2.24, 2.45) is 5.92 Å². The molecule has 1 aromatic carbocycles. The van der Waals surface area contributed by atoms with Crippen LogP contribution < -0.4 is 0 Å². The Hall–Kier alpha value is -1.62. The summed E-state index contributed by atoms with van der Waals surface area (Å²) in [5.41, 5.74) is -1.47. The maximum atomic E-state index is 14.0. The van der Waals surface area contributed by atoms with Gasteiger partial charge < -0.3 is 10.0 Å². The predicted octanol–water partition coefficient (Wildman–Crippen LogP) is 2.54. The van der Waals surface area contributed by atoms with Gasteiger partial charge >= 0.3 is 5.97 Å². The number of aliphatic carboxylic acids is 1. The molecular formula is C15H17ClFNO3. The number of benzene rings is 1. The number of halogens is 2. The SMILES string of the molecule is CC(Cc1ccccc1Cl)C(=O)N1CCC(F)(C(=O)O)C1. The Morgan fingerprint density at radius 1 is 1.48 bits per heavy atom. The standard InChI is InChI=1S/C15H17ClFNO3/c1-10(8-11-4-2-3-5-12(11)16)13(19)18-7-6-15(17,9-18)14(20)21/h2-5,10H,6-9H2,1H3,(H,20,21). The van der Waals surface area contributed by atoms with E-state index in [1.807, 2.05) is 18.2 Å². The smallest absolute Gasteiger partial charge is 0.343 e. The molecule has 0 aromatic heterocycles. The van der Waals surface area contributed by atoms with Crippen molar-refractivity contribution in [1.29, 1.82) is 0 Å². The molecule has 4 nitrogen and oxygen atoms in total. The first kappa shape index (κ1) is 15.8. The molecule has 0 spiro atoms. The summed E-state index contributed by atoms with van der Waals surface area (Å²) in [6.07, 6.45) is 0.286. The molecule has 2 rings (SSSR count). The van der Waals surface area contributed by atoms with Crippen molar-refractivity contribution in [1.82, 2.24) is 4.90 Å². The molecule has 21 heavy (non-hydrogen) atoms. The number of hydrogen-bond donors (Lipinski definition) is 1. The summed E-state index contributed by atoms with van der Waals surface area (Å²) in [4.78, 5) is 24.4. The van der Waals surface area contributed by atoms with E-state index in [9.17, 15) is 14.0 Å². The summed E-state index contributed by atoms with van der Waals surface area (Å²) in [6.45, 7) is 1.49. The predicted molar refractivity (Wildman–Crippen MR) is 77.0 cm³/mol. The summed E-state index contributed by atoms with van der Waals surface area (Å²) in [5, 5.41) is 9.44. The molecular weight excluding hydrogens is 297 g/mol. The fourth-order valence-electron chi connectivity index (χ4n) is 2.53. The van der Waals surface area contributed by atoms with Gasteiger partial charge in [0.15, 0.2) is 0 Å². The van der Waals surface area contributed by atoms with Gasteiger partial charge in [0.1, 0.15) is 0 Å². The molecule has 1 aromatic rings. The molecule has 6 heteroatoms. The summed E-state index contributed by atoms with van der Waals surface area (Å²) in [6, 6.07) is 7.24. The molecule has 1 saturated heterocycles. The second-order valence-electron chi connectivity index (χ2n) is 5.48. The molecule has 1 amide bonds. The van der Waals surface area contributed by atoms with Crippen LogP contribution in [0.15, 0.2) is 24.3 Å². The molecule has 0 bridgehead atoms. The van der Waals surface area contributed by atoms with Crippen LogP contribution in [0.25, 0.3) is 0 Å². The Kier molecular flexibility index (Phi) is 4.52. The van der Waals surface area contributed by atoms with E-state index in [1.54, 1.807) is 13.0 Å². The number of rotatable bonds is 4. The molecule has 2 atom stereocenters. The summed E-state index contributed by atoms with van der Waals surface area (Å²) in [7, 11) is 0. The number of carboxylic acid groups (broad SMARTS) is 1. The van der Waals surface area contributed by atoms with Crippen molar-refractivity contribution >= 4 is 23.5 Å². The van der Waals surface area contributed by atoms with Gasteiger partial charge in [-0.1, -0.05) is 36.7 Å². The monoisotopic (exact) mass is 313 g/mol. The van der Waals surface area contributed by atoms with Gasteiger partial charge in [-0.25, -0.2) is 9.18 Å². The van der Waals surface area contributed by atoms with E-state index in [2.05, 4.69) is 0 Å². The van der Waals surface area contributed by atoms with Gasteiger partial charge in [-0.3, -0.25) is 4.79 Å². The molecule has 1 N–H and O–H groups in total. The Morgan fingerprint density at radius 3 is 2.71 bits per heavy atom. The lowest BCUT2D eigenvalue weighted by atomic mass is 10.00. The maximum Gasteiger partial charge on any atom is 0.343 e. The Balaban J connectivity index is 2.01. The van der Waals surface area contributed by atoms with E-state index in [0.29, 0.717) is 11.4 Å². The molecule has 0 radical (unpaired) electrons. The minimum atomic E-state index is -2.32. The second kappa shape index (κ2) is 6.02. The van der Waals surface area contributed by atoms with Crippen LogP contribution in [0, 0.1) is 5.92 Å². The van der Waals surface area contributed by atoms with Crippen LogP contribution in [0.4, 0.5) is 4.39 Å². The molecule has 0 saturated carbocycles. The number of carbonyl (C=O) groups excluding carboxylic acids is 1. The van der Waals surface area contributed by atoms with Crippen LogP contribution in [0.3, 0.4) is 0 Å². The second-order valence-corrected chi connectivity index (χ2v) is 5.88. The van der Waals surface area contributed by atoms with E-state index < -0.39 is 11.6 Å². The van der Waals surface area contributed by atoms with E-state index in [1.165, 1.54) is 4.90 Å². The van der Waals surface area contributed by atoms with Crippen molar-refractivity contribution in [2.75, 3.05) is 13.1 Å². The summed E-state index contributed by atoms with van der Waals surface area (Å²) in [5.74, 6) is -2.12. The van der Waals surface area contributed by atoms with Gasteiger partial charge in [0.05, 0.1) is 6.54 Å². The Bertz CT molecular complexity index is 566. The van der Waals surface area contributed by atoms with Gasteiger partial charge in [0.2, 0.25) is 11.6 Å². The summed E-state index contributed by atoms with van der Waals surface area (Å²) < 4.78 is 14.0.